The van der Waals surface area contributed by atoms with E-state index in [9.17, 15) is 29.3 Å². The summed E-state index contributed by atoms with van der Waals surface area (Å²) < 4.78 is 15.0. The number of Topliss-reactive ketones (excluding diaryl/α,β-unsaturated/α-hetero) is 1. The van der Waals surface area contributed by atoms with Crippen LogP contribution < -0.4 is 15.4 Å². The maximum Gasteiger partial charge on any atom is 0.409 e. The fourth-order valence-corrected chi connectivity index (χ4v) is 3.42. The number of ether oxygens (including phenoxy) is 3. The topological polar surface area (TPSA) is 163 Å². The number of esters is 2. The van der Waals surface area contributed by atoms with Gasteiger partial charge in [-0.05, 0) is 35.4 Å². The Kier molecular flexibility index (Phi) is 11.5. The molecule has 0 aromatic heterocycles. The van der Waals surface area contributed by atoms with Crippen molar-refractivity contribution >= 4 is 29.5 Å². The lowest BCUT2D eigenvalue weighted by atomic mass is 9.98. The number of nitrogens with one attached hydrogen (secondary N) is 2. The molecule has 1 fully saturated rings. The summed E-state index contributed by atoms with van der Waals surface area (Å²) in [4.78, 5) is 56.6. The molecule has 1 amide bonds. The second-order valence-corrected chi connectivity index (χ2v) is 8.69. The molecule has 1 saturated heterocycles. The number of nitrogens with zero attached hydrogens (tertiary/aromatic N) is 1. The third-order valence-electron chi connectivity index (χ3n) is 5.65. The summed E-state index contributed by atoms with van der Waals surface area (Å²) in [6.45, 7) is 1.78. The summed E-state index contributed by atoms with van der Waals surface area (Å²) in [5.74, 6) is -0.543. The van der Waals surface area contributed by atoms with Crippen molar-refractivity contribution in [3.63, 3.8) is 0 Å². The van der Waals surface area contributed by atoms with E-state index in [1.54, 1.807) is 31.2 Å². The fraction of sp³-hybridized carbons (Fsp3) is 0.241. The molecule has 2 atom stereocenters. The molecule has 0 saturated carbocycles. The molecule has 1 aliphatic rings. The van der Waals surface area contributed by atoms with Crippen LogP contribution in [0.3, 0.4) is 0 Å². The molecule has 12 nitrogen and oxygen atoms in total. The van der Waals surface area contributed by atoms with Gasteiger partial charge in [0.25, 0.3) is 5.69 Å². The summed E-state index contributed by atoms with van der Waals surface area (Å²) in [6, 6.07) is 23.0. The van der Waals surface area contributed by atoms with E-state index < -0.39 is 29.2 Å². The fourth-order valence-electron chi connectivity index (χ4n) is 3.42. The molecule has 1 aliphatic heterocycles. The molecule has 12 heteroatoms. The van der Waals surface area contributed by atoms with Gasteiger partial charge < -0.3 is 14.2 Å². The zero-order chi connectivity index (χ0) is 29.6. The van der Waals surface area contributed by atoms with Crippen molar-refractivity contribution < 1.29 is 38.3 Å². The molecular formula is C29H29N3O9. The molecule has 4 rings (SSSR count). The van der Waals surface area contributed by atoms with Gasteiger partial charge in [0, 0.05) is 18.6 Å². The Morgan fingerprint density at radius 2 is 1.44 bits per heavy atom. The van der Waals surface area contributed by atoms with Gasteiger partial charge in [0.15, 0.2) is 5.78 Å². The number of para-hydroxylation sites is 1. The van der Waals surface area contributed by atoms with E-state index in [0.717, 1.165) is 5.56 Å². The number of amides is 1. The Bertz CT molecular complexity index is 1330. The molecule has 214 valence electrons. The Balaban J connectivity index is 0.000000352. The molecular weight excluding hydrogens is 534 g/mol. The number of carbonyl (C=O) groups is 4. The molecule has 0 bridgehead atoms. The van der Waals surface area contributed by atoms with Gasteiger partial charge in [-0.3, -0.25) is 35.1 Å². The predicted octanol–water partition coefficient (Wildman–Crippen LogP) is 3.82. The van der Waals surface area contributed by atoms with Crippen LogP contribution >= 0.6 is 0 Å². The van der Waals surface area contributed by atoms with Gasteiger partial charge in [0.1, 0.15) is 25.1 Å². The first-order valence-electron chi connectivity index (χ1n) is 12.7. The molecule has 0 radical (unpaired) electrons. The number of rotatable bonds is 10. The van der Waals surface area contributed by atoms with Gasteiger partial charge in [-0.1, -0.05) is 55.5 Å². The van der Waals surface area contributed by atoms with E-state index in [1.165, 1.54) is 24.3 Å². The number of hydrogen-bond acceptors (Lipinski definition) is 10. The van der Waals surface area contributed by atoms with Crippen LogP contribution in [0, 0.1) is 10.1 Å². The number of nitro benzene ring substituents is 1. The van der Waals surface area contributed by atoms with E-state index in [1.807, 2.05) is 36.4 Å². The molecule has 0 spiro atoms. The summed E-state index contributed by atoms with van der Waals surface area (Å²) in [6.07, 6.45) is -1.44. The van der Waals surface area contributed by atoms with Crippen LogP contribution in [0.4, 0.5) is 10.5 Å². The maximum absolute atomic E-state index is 12.1. The minimum Gasteiger partial charge on any atom is -0.461 e. The van der Waals surface area contributed by atoms with Gasteiger partial charge in [-0.2, -0.15) is 0 Å². The highest BCUT2D eigenvalue weighted by Crippen LogP contribution is 2.14. The van der Waals surface area contributed by atoms with Gasteiger partial charge in [0.2, 0.25) is 0 Å². The second-order valence-electron chi connectivity index (χ2n) is 8.69. The van der Waals surface area contributed by atoms with Crippen LogP contribution in [-0.2, 0) is 37.1 Å². The van der Waals surface area contributed by atoms with Crippen molar-refractivity contribution in [1.29, 1.82) is 0 Å². The lowest BCUT2D eigenvalue weighted by molar-refractivity contribution is -0.384. The number of ketones is 1. The molecule has 2 N–H and O–H groups in total. The van der Waals surface area contributed by atoms with Crippen LogP contribution in [0.15, 0.2) is 84.9 Å². The number of carbonyl (C=O) groups excluding carboxylic acids is 4. The number of nitro groups is 1. The standard InChI is InChI=1S/C20H19N3O7.C9H10O2/c24-17(29-11-14-6-8-15(9-7-14)23(27)28)10-16-18(25)19(21-16)22-20(26)30-12-13-4-2-1-3-5-13;1-2-9(10)11-8-6-4-3-5-7-8/h1-9,16,19,21H,10-12H2,(H,22,26);3-7H,2H2,1H3. The van der Waals surface area contributed by atoms with Crippen LogP contribution in [0.5, 0.6) is 5.75 Å². The molecule has 0 aliphatic carbocycles. The highest BCUT2D eigenvalue weighted by molar-refractivity contribution is 5.98. The summed E-state index contributed by atoms with van der Waals surface area (Å²) in [5.41, 5.74) is 1.34. The summed E-state index contributed by atoms with van der Waals surface area (Å²) in [5, 5.41) is 15.8. The quantitative estimate of drug-likeness (QED) is 0.160. The molecule has 3 aromatic rings. The second kappa shape index (κ2) is 15.5. The number of alkyl carbamates (subject to hydrolysis) is 1. The van der Waals surface area contributed by atoms with Gasteiger partial charge in [0.05, 0.1) is 17.4 Å². The molecule has 41 heavy (non-hydrogen) atoms. The monoisotopic (exact) mass is 563 g/mol. The van der Waals surface area contributed by atoms with E-state index in [-0.39, 0.29) is 37.1 Å². The molecule has 3 aromatic carbocycles. The first-order valence-corrected chi connectivity index (χ1v) is 12.7. The van der Waals surface area contributed by atoms with E-state index in [2.05, 4.69) is 10.6 Å². The van der Waals surface area contributed by atoms with Gasteiger partial charge in [-0.15, -0.1) is 0 Å². The largest absolute Gasteiger partial charge is 0.461 e. The van der Waals surface area contributed by atoms with Crippen LogP contribution in [0.1, 0.15) is 30.9 Å². The Hall–Kier alpha value is -5.10. The number of hydrogen-bond donors (Lipinski definition) is 2. The summed E-state index contributed by atoms with van der Waals surface area (Å²) in [7, 11) is 0. The van der Waals surface area contributed by atoms with Crippen molar-refractivity contribution in [3.05, 3.63) is 106 Å². The Morgan fingerprint density at radius 3 is 2.02 bits per heavy atom. The average Bonchev–Trinajstić information content (AvgIpc) is 2.99. The maximum atomic E-state index is 12.1. The third-order valence-corrected chi connectivity index (χ3v) is 5.65. The zero-order valence-electron chi connectivity index (χ0n) is 22.2. The highest BCUT2D eigenvalue weighted by Gasteiger charge is 2.41. The van der Waals surface area contributed by atoms with Crippen LogP contribution in [0.2, 0.25) is 0 Å². The first kappa shape index (κ1) is 30.4. The smallest absolute Gasteiger partial charge is 0.409 e. The lowest BCUT2D eigenvalue weighted by Crippen LogP contribution is -2.69. The first-order chi connectivity index (χ1) is 19.7. The Labute approximate surface area is 235 Å². The van der Waals surface area contributed by atoms with Gasteiger partial charge >= 0.3 is 18.0 Å². The minimum atomic E-state index is -0.916. The normalized spacial score (nSPS) is 15.3. The number of non-ortho nitro benzene ring substituents is 1. The van der Waals surface area contributed by atoms with E-state index in [4.69, 9.17) is 14.2 Å². The van der Waals surface area contributed by atoms with Crippen molar-refractivity contribution in [2.75, 3.05) is 0 Å². The SMILES string of the molecule is CCC(=O)Oc1ccccc1.O=C(CC1NC(NC(=O)OCc2ccccc2)C1=O)OCc1ccc([N+](=O)[O-])cc1. The third kappa shape index (κ3) is 10.2. The lowest BCUT2D eigenvalue weighted by Gasteiger charge is -2.34. The molecule has 1 heterocycles. The average molecular weight is 564 g/mol. The zero-order valence-corrected chi connectivity index (χ0v) is 22.2. The summed E-state index contributed by atoms with van der Waals surface area (Å²) >= 11 is 0. The van der Waals surface area contributed by atoms with Gasteiger partial charge in [-0.25, -0.2) is 4.79 Å². The van der Waals surface area contributed by atoms with E-state index >= 15 is 0 Å². The Morgan fingerprint density at radius 1 is 0.854 bits per heavy atom. The van der Waals surface area contributed by atoms with Crippen LogP contribution in [0.25, 0.3) is 0 Å². The van der Waals surface area contributed by atoms with Crippen molar-refractivity contribution in [1.82, 2.24) is 10.6 Å². The molecule has 2 unspecified atom stereocenters. The predicted molar refractivity (Wildman–Crippen MR) is 145 cm³/mol. The highest BCUT2D eigenvalue weighted by atomic mass is 16.6. The number of benzene rings is 3. The van der Waals surface area contributed by atoms with E-state index in [0.29, 0.717) is 17.7 Å². The minimum absolute atomic E-state index is 0.0600. The van der Waals surface area contributed by atoms with Crippen molar-refractivity contribution in [2.24, 2.45) is 0 Å². The van der Waals surface area contributed by atoms with Crippen molar-refractivity contribution in [2.45, 2.75) is 45.2 Å². The van der Waals surface area contributed by atoms with Crippen LogP contribution in [-0.4, -0.2) is 40.9 Å². The van der Waals surface area contributed by atoms with Crippen molar-refractivity contribution in [3.8, 4) is 5.75 Å².